The van der Waals surface area contributed by atoms with Gasteiger partial charge in [-0.15, -0.1) is 0 Å². The molecule has 6 heteroatoms. The zero-order valence-electron chi connectivity index (χ0n) is 5.98. The van der Waals surface area contributed by atoms with Crippen molar-refractivity contribution in [1.29, 1.82) is 0 Å². The maximum absolute atomic E-state index is 7.83. The predicted molar refractivity (Wildman–Crippen MR) is 50.9 cm³/mol. The molecule has 2 nitrogen and oxygen atoms in total. The molecule has 0 spiro atoms. The zero-order chi connectivity index (χ0) is 6.83. The average Bonchev–Trinajstić information content (AvgIpc) is 1.88. The molecule has 0 radical (unpaired) electrons. The fourth-order valence-corrected chi connectivity index (χ4v) is 0. The molecule has 0 rings (SSSR count). The first-order valence-corrected chi connectivity index (χ1v) is 8.78. The highest BCUT2D eigenvalue weighted by molar-refractivity contribution is 6.45. The SMILES string of the molecule is C[SiH2]C[SiH3].O[SiH2]O[SiH3]. The second-order valence-electron chi connectivity index (χ2n) is 1.42. The number of hydrogen-bond donors (Lipinski definition) is 1. The predicted octanol–water partition coefficient (Wildman–Crippen LogP) is -3.78. The first kappa shape index (κ1) is 11.6. The van der Waals surface area contributed by atoms with Crippen molar-refractivity contribution in [2.24, 2.45) is 0 Å². The van der Waals surface area contributed by atoms with E-state index in [0.29, 0.717) is 20.0 Å². The van der Waals surface area contributed by atoms with Crippen LogP contribution in [-0.2, 0) is 4.12 Å². The molecule has 0 aliphatic heterocycles. The molecule has 0 atom stereocenters. The Labute approximate surface area is 61.9 Å². The fourth-order valence-electron chi connectivity index (χ4n) is 0. The summed E-state index contributed by atoms with van der Waals surface area (Å²) in [7, 11) is 1.62. The highest BCUT2D eigenvalue weighted by Gasteiger charge is 1.59. The summed E-state index contributed by atoms with van der Waals surface area (Å²) in [6, 6.07) is 0. The van der Waals surface area contributed by atoms with Gasteiger partial charge in [0, 0.05) is 9.52 Å². The summed E-state index contributed by atoms with van der Waals surface area (Å²) in [5, 5.41) is 0. The Balaban J connectivity index is 0. The van der Waals surface area contributed by atoms with Gasteiger partial charge in [-0.1, -0.05) is 12.2 Å². The van der Waals surface area contributed by atoms with Gasteiger partial charge < -0.3 is 8.91 Å². The van der Waals surface area contributed by atoms with Crippen LogP contribution in [0.3, 0.4) is 0 Å². The molecule has 0 saturated heterocycles. The van der Waals surface area contributed by atoms with E-state index >= 15 is 0 Å². The average molecular weight is 184 g/mol. The van der Waals surface area contributed by atoms with E-state index in [1.54, 1.807) is 5.67 Å². The maximum atomic E-state index is 7.83. The van der Waals surface area contributed by atoms with Crippen LogP contribution in [0.25, 0.3) is 0 Å². The van der Waals surface area contributed by atoms with Crippen molar-refractivity contribution in [2.45, 2.75) is 12.2 Å². The van der Waals surface area contributed by atoms with Crippen LogP contribution in [0, 0.1) is 0 Å². The van der Waals surface area contributed by atoms with Crippen LogP contribution in [-0.4, -0.2) is 45.1 Å². The molecule has 0 aliphatic carbocycles. The van der Waals surface area contributed by atoms with Crippen molar-refractivity contribution >= 4 is 40.3 Å². The third-order valence-electron chi connectivity index (χ3n) is 0.629. The summed E-state index contributed by atoms with van der Waals surface area (Å²) < 4.78 is 4.38. The lowest BCUT2D eigenvalue weighted by Gasteiger charge is -1.75. The van der Waals surface area contributed by atoms with Gasteiger partial charge in [-0.3, -0.25) is 0 Å². The molecule has 0 unspecified atom stereocenters. The standard InChI is InChI=1S/C2H10Si2.H6O2Si2/c2*1-4-2-3/h2,4H2,1,3H3;1H,4H2,3H3. The van der Waals surface area contributed by atoms with Crippen LogP contribution in [0.5, 0.6) is 0 Å². The molecule has 52 valence electrons. The Hall–Kier alpha value is 0.788. The van der Waals surface area contributed by atoms with Gasteiger partial charge in [0.15, 0.2) is 0 Å². The maximum Gasteiger partial charge on any atom is 0.290 e. The van der Waals surface area contributed by atoms with Crippen LogP contribution >= 0.6 is 0 Å². The monoisotopic (exact) mass is 184 g/mol. The van der Waals surface area contributed by atoms with Gasteiger partial charge in [0.05, 0.1) is 0 Å². The van der Waals surface area contributed by atoms with E-state index in [1.165, 1.54) is 10.2 Å². The number of hydrogen-bond acceptors (Lipinski definition) is 2. The van der Waals surface area contributed by atoms with Crippen LogP contribution in [0.2, 0.25) is 12.2 Å². The van der Waals surface area contributed by atoms with Gasteiger partial charge in [0.1, 0.15) is 10.5 Å². The topological polar surface area (TPSA) is 29.5 Å². The minimum absolute atomic E-state index is 0.486. The molecule has 1 N–H and O–H groups in total. The molecule has 8 heavy (non-hydrogen) atoms. The third kappa shape index (κ3) is 29.3. The lowest BCUT2D eigenvalue weighted by Crippen LogP contribution is -1.88. The van der Waals surface area contributed by atoms with Crippen LogP contribution in [0.4, 0.5) is 0 Å². The molecular formula is C2H16O2Si4. The van der Waals surface area contributed by atoms with Crippen molar-refractivity contribution in [3.05, 3.63) is 0 Å². The summed E-state index contributed by atoms with van der Waals surface area (Å²) >= 11 is 0. The summed E-state index contributed by atoms with van der Waals surface area (Å²) in [4.78, 5) is 7.83. The van der Waals surface area contributed by atoms with Gasteiger partial charge in [0.25, 0.3) is 10.0 Å². The Kier molecular flexibility index (Phi) is 22.6. The summed E-state index contributed by atoms with van der Waals surface area (Å²) in [5.41, 5.74) is 1.60. The smallest absolute Gasteiger partial charge is 0.290 e. The molecule has 0 amide bonds. The quantitative estimate of drug-likeness (QED) is 0.447. The van der Waals surface area contributed by atoms with Crippen LogP contribution in [0.15, 0.2) is 0 Å². The fraction of sp³-hybridized carbons (Fsp3) is 1.00. The molecule has 0 bridgehead atoms. The molecule has 0 heterocycles. The van der Waals surface area contributed by atoms with Crippen molar-refractivity contribution in [3.63, 3.8) is 0 Å². The van der Waals surface area contributed by atoms with Crippen LogP contribution < -0.4 is 0 Å². The minimum Gasteiger partial charge on any atom is -0.449 e. The van der Waals surface area contributed by atoms with E-state index < -0.39 is 10.0 Å². The Morgan fingerprint density at radius 1 is 1.75 bits per heavy atom. The van der Waals surface area contributed by atoms with Crippen molar-refractivity contribution in [2.75, 3.05) is 0 Å². The Morgan fingerprint density at radius 2 is 2.00 bits per heavy atom. The Morgan fingerprint density at radius 3 is 2.00 bits per heavy atom. The highest BCUT2D eigenvalue weighted by Crippen LogP contribution is 1.56. The van der Waals surface area contributed by atoms with Crippen molar-refractivity contribution < 1.29 is 8.91 Å². The molecule has 0 aromatic carbocycles. The molecule has 0 aliphatic rings. The summed E-state index contributed by atoms with van der Waals surface area (Å²) in [5.74, 6) is 0. The molecule has 0 aromatic heterocycles. The zero-order valence-corrected chi connectivity index (χ0v) is 12.8. The second kappa shape index (κ2) is 15.7. The number of rotatable bonds is 2. The van der Waals surface area contributed by atoms with E-state index in [4.69, 9.17) is 4.80 Å². The third-order valence-corrected chi connectivity index (χ3v) is 5.66. The molecule has 0 fully saturated rings. The first-order chi connectivity index (χ1) is 3.83. The van der Waals surface area contributed by atoms with Gasteiger partial charge in [-0.25, -0.2) is 0 Å². The largest absolute Gasteiger partial charge is 0.449 e. The van der Waals surface area contributed by atoms with Gasteiger partial charge >= 0.3 is 0 Å². The summed E-state index contributed by atoms with van der Waals surface area (Å²) in [6.45, 7) is 2.35. The molecule has 0 saturated carbocycles. The Bertz CT molecular complexity index is 20.0. The molecular weight excluding hydrogens is 168 g/mol. The van der Waals surface area contributed by atoms with Crippen LogP contribution in [0.1, 0.15) is 0 Å². The van der Waals surface area contributed by atoms with E-state index in [1.807, 2.05) is 0 Å². The second-order valence-corrected chi connectivity index (χ2v) is 8.99. The van der Waals surface area contributed by atoms with Gasteiger partial charge in [-0.05, 0) is 10.2 Å². The van der Waals surface area contributed by atoms with Crippen molar-refractivity contribution in [1.82, 2.24) is 0 Å². The van der Waals surface area contributed by atoms with Gasteiger partial charge in [0.2, 0.25) is 0 Å². The van der Waals surface area contributed by atoms with Gasteiger partial charge in [-0.2, -0.15) is 0 Å². The van der Waals surface area contributed by atoms with Crippen molar-refractivity contribution in [3.8, 4) is 0 Å². The van der Waals surface area contributed by atoms with E-state index in [0.717, 1.165) is 0 Å². The lowest BCUT2D eigenvalue weighted by atomic mass is 11.9. The molecule has 0 aromatic rings. The van der Waals surface area contributed by atoms with E-state index in [9.17, 15) is 0 Å². The minimum atomic E-state index is -1.01. The normalized spacial score (nSPS) is 11.2. The van der Waals surface area contributed by atoms with E-state index in [2.05, 4.69) is 10.7 Å². The lowest BCUT2D eigenvalue weighted by molar-refractivity contribution is 0.478. The summed E-state index contributed by atoms with van der Waals surface area (Å²) in [6.07, 6.45) is 0. The van der Waals surface area contributed by atoms with E-state index in [-0.39, 0.29) is 0 Å². The first-order valence-electron chi connectivity index (χ1n) is 2.93. The highest BCUT2D eigenvalue weighted by atomic mass is 28.3.